The largest absolute Gasteiger partial charge is 0.289 e. The third-order valence-electron chi connectivity index (χ3n) is 6.02. The van der Waals surface area contributed by atoms with Gasteiger partial charge in [-0.3, -0.25) is 10.0 Å². The highest BCUT2D eigenvalue weighted by Gasteiger charge is 2.53. The normalized spacial score (nSPS) is 26.6. The van der Waals surface area contributed by atoms with Gasteiger partial charge in [0.05, 0.1) is 11.1 Å². The van der Waals surface area contributed by atoms with Gasteiger partial charge in [0.25, 0.3) is 5.91 Å². The molecule has 1 saturated carbocycles. The Morgan fingerprint density at radius 2 is 2.20 bits per heavy atom. The van der Waals surface area contributed by atoms with Crippen molar-refractivity contribution in [1.82, 2.24) is 15.4 Å². The minimum atomic E-state index is -0.919. The maximum Gasteiger partial charge on any atom is 0.254 e. The lowest BCUT2D eigenvalue weighted by Gasteiger charge is -2.27. The van der Waals surface area contributed by atoms with Crippen LogP contribution in [0.2, 0.25) is 0 Å². The number of rotatable bonds is 2. The molecule has 5 rings (SSSR count). The Balaban J connectivity index is 1.74. The van der Waals surface area contributed by atoms with E-state index in [2.05, 4.69) is 4.98 Å². The lowest BCUT2D eigenvalue weighted by Crippen LogP contribution is -2.42. The number of aryl methyl sites for hydroxylation is 1. The van der Waals surface area contributed by atoms with Gasteiger partial charge in [0, 0.05) is 23.6 Å². The predicted octanol–water partition coefficient (Wildman–Crippen LogP) is 2.72. The number of aromatic nitrogens is 2. The molecular weight excluding hydrogens is 321 g/mol. The molecule has 2 atom stereocenters. The Hall–Kier alpha value is -2.34. The number of hydroxylamine groups is 1. The van der Waals surface area contributed by atoms with Gasteiger partial charge in [0.15, 0.2) is 0 Å². The third kappa shape index (κ3) is 2.00. The molecule has 128 valence electrons. The first-order chi connectivity index (χ1) is 12.1. The quantitative estimate of drug-likeness (QED) is 0.652. The molecule has 1 amide bonds. The average Bonchev–Trinajstić information content (AvgIpc) is 3.43. The van der Waals surface area contributed by atoms with Crippen LogP contribution in [0.4, 0.5) is 4.39 Å². The molecule has 3 aliphatic rings. The lowest BCUT2D eigenvalue weighted by molar-refractivity contribution is -0.135. The van der Waals surface area contributed by atoms with E-state index in [-0.39, 0.29) is 11.7 Å². The fraction of sp³-hybridized carbons (Fsp3) is 0.421. The molecular formula is C19H18FN3O2. The molecule has 25 heavy (non-hydrogen) atoms. The maximum atomic E-state index is 14.7. The molecule has 0 saturated heterocycles. The number of amides is 1. The summed E-state index contributed by atoms with van der Waals surface area (Å²) in [5.74, 6) is 0.203. The van der Waals surface area contributed by atoms with Crippen LogP contribution in [-0.2, 0) is 16.6 Å². The van der Waals surface area contributed by atoms with E-state index in [1.165, 1.54) is 6.07 Å². The smallest absolute Gasteiger partial charge is 0.254 e. The predicted molar refractivity (Wildman–Crippen MR) is 86.8 cm³/mol. The van der Waals surface area contributed by atoms with Crippen LogP contribution in [0.15, 0.2) is 24.4 Å². The summed E-state index contributed by atoms with van der Waals surface area (Å²) in [6.45, 7) is 0. The van der Waals surface area contributed by atoms with Gasteiger partial charge in [-0.1, -0.05) is 12.1 Å². The minimum Gasteiger partial charge on any atom is -0.289 e. The number of hydrogen-bond donors (Lipinski definition) is 2. The number of hydrogen-bond acceptors (Lipinski definition) is 4. The second-order valence-corrected chi connectivity index (χ2v) is 7.39. The fourth-order valence-electron chi connectivity index (χ4n) is 4.59. The zero-order valence-corrected chi connectivity index (χ0v) is 13.6. The first kappa shape index (κ1) is 15.0. The summed E-state index contributed by atoms with van der Waals surface area (Å²) in [5, 5.41) is 9.31. The molecule has 0 aliphatic heterocycles. The van der Waals surface area contributed by atoms with Crippen LogP contribution in [0.1, 0.15) is 65.7 Å². The van der Waals surface area contributed by atoms with E-state index in [4.69, 9.17) is 4.98 Å². The summed E-state index contributed by atoms with van der Waals surface area (Å²) >= 11 is 0. The molecule has 2 N–H and O–H groups in total. The zero-order valence-electron chi connectivity index (χ0n) is 13.6. The van der Waals surface area contributed by atoms with E-state index in [1.54, 1.807) is 6.07 Å². The number of halogens is 1. The maximum absolute atomic E-state index is 14.7. The van der Waals surface area contributed by atoms with Crippen LogP contribution in [0.3, 0.4) is 0 Å². The van der Waals surface area contributed by atoms with Crippen LogP contribution in [0, 0.1) is 5.82 Å². The molecule has 2 unspecified atom stereocenters. The van der Waals surface area contributed by atoms with Gasteiger partial charge in [0.2, 0.25) is 0 Å². The lowest BCUT2D eigenvalue weighted by atomic mass is 9.77. The topological polar surface area (TPSA) is 75.1 Å². The summed E-state index contributed by atoms with van der Waals surface area (Å²) in [4.78, 5) is 21.9. The average molecular weight is 339 g/mol. The van der Waals surface area contributed by atoms with Crippen molar-refractivity contribution < 1.29 is 14.4 Å². The first-order valence-corrected chi connectivity index (χ1v) is 8.73. The monoisotopic (exact) mass is 339 g/mol. The van der Waals surface area contributed by atoms with E-state index < -0.39 is 11.3 Å². The highest BCUT2D eigenvalue weighted by molar-refractivity contribution is 5.89. The molecule has 0 spiro atoms. The van der Waals surface area contributed by atoms with Gasteiger partial charge in [-0.05, 0) is 49.3 Å². The number of nitrogens with zero attached hydrogens (tertiary/aromatic N) is 2. The highest BCUT2D eigenvalue weighted by atomic mass is 19.1. The number of carbonyl (C=O) groups excluding carboxylic acids is 1. The fourth-order valence-corrected chi connectivity index (χ4v) is 4.59. The minimum absolute atomic E-state index is 0.272. The molecule has 5 nitrogen and oxygen atoms in total. The van der Waals surface area contributed by atoms with Gasteiger partial charge in [0.1, 0.15) is 11.6 Å². The van der Waals surface area contributed by atoms with Gasteiger partial charge < -0.3 is 0 Å². The van der Waals surface area contributed by atoms with Crippen molar-refractivity contribution in [2.45, 2.75) is 49.4 Å². The first-order valence-electron chi connectivity index (χ1n) is 8.73. The van der Waals surface area contributed by atoms with Crippen molar-refractivity contribution in [1.29, 1.82) is 0 Å². The van der Waals surface area contributed by atoms with Crippen molar-refractivity contribution in [2.24, 2.45) is 0 Å². The SMILES string of the molecule is O=C(NO)C12CCc3cnc(C4CC4)nc3C(C1)c1c(F)cccc12. The molecule has 3 aliphatic carbocycles. The third-order valence-corrected chi connectivity index (χ3v) is 6.02. The molecule has 6 heteroatoms. The summed E-state index contributed by atoms with van der Waals surface area (Å²) in [6.07, 6.45) is 5.63. The Labute approximate surface area is 144 Å². The van der Waals surface area contributed by atoms with E-state index in [0.29, 0.717) is 36.3 Å². The molecule has 1 fully saturated rings. The van der Waals surface area contributed by atoms with Crippen LogP contribution < -0.4 is 5.48 Å². The van der Waals surface area contributed by atoms with Crippen LogP contribution in [0.5, 0.6) is 0 Å². The van der Waals surface area contributed by atoms with Gasteiger partial charge >= 0.3 is 0 Å². The molecule has 1 heterocycles. The molecule has 1 aromatic heterocycles. The van der Waals surface area contributed by atoms with Gasteiger partial charge in [-0.25, -0.2) is 19.8 Å². The van der Waals surface area contributed by atoms with Crippen LogP contribution in [-0.4, -0.2) is 21.1 Å². The van der Waals surface area contributed by atoms with Gasteiger partial charge in [-0.15, -0.1) is 0 Å². The zero-order chi connectivity index (χ0) is 17.2. The number of nitrogens with one attached hydrogen (secondary N) is 1. The second-order valence-electron chi connectivity index (χ2n) is 7.39. The van der Waals surface area contributed by atoms with Crippen LogP contribution in [0.25, 0.3) is 0 Å². The van der Waals surface area contributed by atoms with E-state index >= 15 is 0 Å². The summed E-state index contributed by atoms with van der Waals surface area (Å²) < 4.78 is 14.7. The highest BCUT2D eigenvalue weighted by Crippen LogP contribution is 2.54. The molecule has 2 aromatic rings. The Morgan fingerprint density at radius 1 is 1.36 bits per heavy atom. The van der Waals surface area contributed by atoms with Crippen LogP contribution >= 0.6 is 0 Å². The second kappa shape index (κ2) is 5.08. The summed E-state index contributed by atoms with van der Waals surface area (Å²) in [7, 11) is 0. The summed E-state index contributed by atoms with van der Waals surface area (Å²) in [5.41, 5.74) is 3.96. The standard InChI is InChI=1S/C19H18FN3O2/c20-14-3-1-2-13-15(14)12-8-19(13,18(24)23-25)7-6-11-9-21-17(10-4-5-10)22-16(11)12/h1-3,9-10,12,25H,4-8H2,(H,23,24). The van der Waals surface area contributed by atoms with Gasteiger partial charge in [-0.2, -0.15) is 0 Å². The van der Waals surface area contributed by atoms with Crippen molar-refractivity contribution in [3.63, 3.8) is 0 Å². The Morgan fingerprint density at radius 3 is 2.96 bits per heavy atom. The van der Waals surface area contributed by atoms with E-state index in [0.717, 1.165) is 29.9 Å². The Bertz CT molecular complexity index is 896. The van der Waals surface area contributed by atoms with Crippen molar-refractivity contribution in [3.8, 4) is 0 Å². The molecule has 0 radical (unpaired) electrons. The number of fused-ring (bicyclic) bond motifs is 7. The van der Waals surface area contributed by atoms with Crippen molar-refractivity contribution in [2.75, 3.05) is 0 Å². The van der Waals surface area contributed by atoms with E-state index in [9.17, 15) is 14.4 Å². The van der Waals surface area contributed by atoms with Crippen molar-refractivity contribution in [3.05, 3.63) is 58.4 Å². The molecule has 1 aromatic carbocycles. The molecule has 2 bridgehead atoms. The summed E-state index contributed by atoms with van der Waals surface area (Å²) in [6, 6.07) is 4.87. The number of benzene rings is 1. The number of carbonyl (C=O) groups is 1. The van der Waals surface area contributed by atoms with E-state index in [1.807, 2.05) is 17.7 Å². The Kier molecular flexibility index (Phi) is 3.04. The van der Waals surface area contributed by atoms with Crippen molar-refractivity contribution >= 4 is 5.91 Å².